The lowest BCUT2D eigenvalue weighted by molar-refractivity contribution is -0.168. The summed E-state index contributed by atoms with van der Waals surface area (Å²) in [5.74, 6) is -4.82. The molecule has 3 atom stereocenters. The van der Waals surface area contributed by atoms with Gasteiger partial charge in [-0.2, -0.15) is 0 Å². The first-order valence-corrected chi connectivity index (χ1v) is 18.2. The molecule has 1 aliphatic heterocycles. The van der Waals surface area contributed by atoms with Crippen LogP contribution in [0.25, 0.3) is 0 Å². The summed E-state index contributed by atoms with van der Waals surface area (Å²) in [4.78, 5) is 38.3. The number of unbranched alkanes of at least 4 members (excludes halogenated alkanes) is 9. The van der Waals surface area contributed by atoms with E-state index in [1.165, 1.54) is 38.9 Å². The third-order valence-electron chi connectivity index (χ3n) is 9.06. The number of carbonyl (C=O) groups is 3. The van der Waals surface area contributed by atoms with Gasteiger partial charge < -0.3 is 34.5 Å². The zero-order valence-corrected chi connectivity index (χ0v) is 29.9. The zero-order chi connectivity index (χ0) is 36.0. The number of methoxy groups -OCH3 is 1. The van der Waals surface area contributed by atoms with Crippen LogP contribution >= 0.6 is 0 Å². The van der Waals surface area contributed by atoms with Gasteiger partial charge in [0.25, 0.3) is 0 Å². The van der Waals surface area contributed by atoms with E-state index in [0.717, 1.165) is 57.8 Å². The van der Waals surface area contributed by atoms with Crippen LogP contribution in [0.2, 0.25) is 0 Å². The highest BCUT2D eigenvalue weighted by molar-refractivity contribution is 5.92. The molecular formula is C38H60FNO9. The van der Waals surface area contributed by atoms with E-state index in [1.807, 2.05) is 0 Å². The summed E-state index contributed by atoms with van der Waals surface area (Å²) in [6, 6.07) is 5.89. The van der Waals surface area contributed by atoms with Crippen molar-refractivity contribution >= 4 is 17.8 Å². The van der Waals surface area contributed by atoms with E-state index < -0.39 is 54.3 Å². The van der Waals surface area contributed by atoms with Gasteiger partial charge in [0, 0.05) is 25.7 Å². The van der Waals surface area contributed by atoms with E-state index >= 15 is 0 Å². The molecule has 10 nitrogen and oxygen atoms in total. The van der Waals surface area contributed by atoms with Gasteiger partial charge in [0.2, 0.25) is 5.91 Å². The minimum absolute atomic E-state index is 0.0505. The van der Waals surface area contributed by atoms with Crippen molar-refractivity contribution < 1.29 is 47.9 Å². The number of hydrogen-bond donors (Lipinski definition) is 3. The van der Waals surface area contributed by atoms with Gasteiger partial charge in [-0.05, 0) is 49.8 Å². The number of nitrogens with one attached hydrogen (secondary N) is 1. The minimum atomic E-state index is -2.71. The Bertz CT molecular complexity index is 1120. The standard InChI is InChI=1S/C38H60FNO9/c1-4-6-8-12-15-22-37(48-27-28-49-37)23-16-13-10-9-11-14-17-32(38(45,24-25-39)36(43)44)34(41)40-33(35(42)46-3)29-30-18-20-31(21-19-30)47-26-7-5-2/h14,17-21,32-33,45H,4-13,15-16,22-29H2,1-3H3,(H,40,41)(H,43,44)/b17-14+/t32-,33+,38+/m1/s1. The highest BCUT2D eigenvalue weighted by Gasteiger charge is 2.47. The molecule has 1 fully saturated rings. The van der Waals surface area contributed by atoms with Crippen LogP contribution in [0.15, 0.2) is 36.4 Å². The van der Waals surface area contributed by atoms with Gasteiger partial charge in [0.1, 0.15) is 11.8 Å². The van der Waals surface area contributed by atoms with Crippen LogP contribution in [0, 0.1) is 5.92 Å². The fourth-order valence-corrected chi connectivity index (χ4v) is 6.04. The molecule has 0 radical (unpaired) electrons. The first kappa shape index (κ1) is 42.1. The summed E-state index contributed by atoms with van der Waals surface area (Å²) >= 11 is 0. The normalized spacial score (nSPS) is 16.6. The number of ether oxygens (including phenoxy) is 4. The summed E-state index contributed by atoms with van der Waals surface area (Å²) in [5, 5.41) is 23.4. The first-order valence-electron chi connectivity index (χ1n) is 18.2. The number of amides is 1. The molecular weight excluding hydrogens is 633 g/mol. The summed E-state index contributed by atoms with van der Waals surface area (Å²) < 4.78 is 36.1. The Morgan fingerprint density at radius 1 is 0.959 bits per heavy atom. The van der Waals surface area contributed by atoms with Crippen molar-refractivity contribution in [2.24, 2.45) is 5.92 Å². The van der Waals surface area contributed by atoms with Crippen LogP contribution < -0.4 is 10.1 Å². The maximum absolute atomic E-state index is 13.5. The lowest BCUT2D eigenvalue weighted by Gasteiger charge is -2.30. The smallest absolute Gasteiger partial charge is 0.336 e. The molecule has 0 aromatic heterocycles. The third kappa shape index (κ3) is 14.8. The van der Waals surface area contributed by atoms with Gasteiger partial charge in [-0.3, -0.25) is 9.18 Å². The maximum Gasteiger partial charge on any atom is 0.336 e. The number of rotatable bonds is 27. The molecule has 11 heteroatoms. The number of esters is 1. The maximum atomic E-state index is 13.5. The monoisotopic (exact) mass is 693 g/mol. The molecule has 1 aromatic carbocycles. The fraction of sp³-hybridized carbons (Fsp3) is 0.711. The second-order valence-electron chi connectivity index (χ2n) is 12.9. The molecule has 0 unspecified atom stereocenters. The number of halogens is 1. The second-order valence-corrected chi connectivity index (χ2v) is 12.9. The highest BCUT2D eigenvalue weighted by atomic mass is 19.1. The third-order valence-corrected chi connectivity index (χ3v) is 9.06. The predicted molar refractivity (Wildman–Crippen MR) is 186 cm³/mol. The van der Waals surface area contributed by atoms with E-state index in [9.17, 15) is 29.0 Å². The van der Waals surface area contributed by atoms with Gasteiger partial charge in [-0.15, -0.1) is 0 Å². The van der Waals surface area contributed by atoms with Crippen LogP contribution in [0.4, 0.5) is 4.39 Å². The SMILES string of the molecule is CCCCCCCC1(CCCCCC/C=C/[C@H](C(=O)N[C@@H](Cc2ccc(OCCCC)cc2)C(=O)OC)[C@@](O)(CCF)C(=O)O)OCCO1. The van der Waals surface area contributed by atoms with E-state index in [4.69, 9.17) is 18.9 Å². The summed E-state index contributed by atoms with van der Waals surface area (Å²) in [6.07, 6.45) is 15.9. The number of benzene rings is 1. The second kappa shape index (κ2) is 23.4. The zero-order valence-electron chi connectivity index (χ0n) is 29.9. The molecule has 3 N–H and O–H groups in total. The Hall–Kier alpha value is -3.02. The van der Waals surface area contributed by atoms with Crippen LogP contribution in [0.5, 0.6) is 5.75 Å². The quantitative estimate of drug-likeness (QED) is 0.0512. The van der Waals surface area contributed by atoms with Crippen LogP contribution in [0.3, 0.4) is 0 Å². The number of allylic oxidation sites excluding steroid dienone is 1. The average Bonchev–Trinajstić information content (AvgIpc) is 3.56. The molecule has 0 spiro atoms. The van der Waals surface area contributed by atoms with Crippen molar-refractivity contribution in [1.82, 2.24) is 5.32 Å². The van der Waals surface area contributed by atoms with Gasteiger partial charge in [-0.25, -0.2) is 9.59 Å². The minimum Gasteiger partial charge on any atom is -0.494 e. The van der Waals surface area contributed by atoms with E-state index in [-0.39, 0.29) is 6.42 Å². The number of hydrogen-bond acceptors (Lipinski definition) is 8. The molecule has 2 rings (SSSR count). The van der Waals surface area contributed by atoms with Crippen molar-refractivity contribution in [2.75, 3.05) is 33.6 Å². The Morgan fingerprint density at radius 3 is 2.14 bits per heavy atom. The topological polar surface area (TPSA) is 141 Å². The average molecular weight is 694 g/mol. The van der Waals surface area contributed by atoms with Gasteiger partial charge in [0.05, 0.1) is 39.5 Å². The van der Waals surface area contributed by atoms with E-state index in [2.05, 4.69) is 19.2 Å². The number of carboxylic acids is 1. The van der Waals surface area contributed by atoms with Gasteiger partial charge in [-0.1, -0.05) is 83.1 Å². The molecule has 1 aliphatic rings. The fourth-order valence-electron chi connectivity index (χ4n) is 6.04. The predicted octanol–water partition coefficient (Wildman–Crippen LogP) is 6.86. The molecule has 1 amide bonds. The Kier molecular flexibility index (Phi) is 20.1. The highest BCUT2D eigenvalue weighted by Crippen LogP contribution is 2.32. The molecule has 0 bridgehead atoms. The Labute approximate surface area is 292 Å². The largest absolute Gasteiger partial charge is 0.494 e. The van der Waals surface area contributed by atoms with Crippen molar-refractivity contribution in [2.45, 2.75) is 134 Å². The van der Waals surface area contributed by atoms with Crippen molar-refractivity contribution in [3.63, 3.8) is 0 Å². The summed E-state index contributed by atoms with van der Waals surface area (Å²) in [5.41, 5.74) is -2.01. The lowest BCUT2D eigenvalue weighted by Crippen LogP contribution is -2.55. The molecule has 1 aromatic rings. The van der Waals surface area contributed by atoms with Crippen molar-refractivity contribution in [1.29, 1.82) is 0 Å². The van der Waals surface area contributed by atoms with Crippen LogP contribution in [-0.4, -0.2) is 79.1 Å². The number of carboxylic acid groups (broad SMARTS) is 1. The number of aliphatic hydroxyl groups is 1. The summed E-state index contributed by atoms with van der Waals surface area (Å²) in [7, 11) is 1.18. The molecule has 0 saturated carbocycles. The summed E-state index contributed by atoms with van der Waals surface area (Å²) in [6.45, 7) is 4.96. The molecule has 1 saturated heterocycles. The molecule has 0 aliphatic carbocycles. The van der Waals surface area contributed by atoms with Crippen LogP contribution in [-0.2, 0) is 35.0 Å². The molecule has 278 valence electrons. The van der Waals surface area contributed by atoms with E-state index in [0.29, 0.717) is 37.6 Å². The molecule has 49 heavy (non-hydrogen) atoms. The Morgan fingerprint density at radius 2 is 1.57 bits per heavy atom. The van der Waals surface area contributed by atoms with Crippen molar-refractivity contribution in [3.05, 3.63) is 42.0 Å². The molecule has 1 heterocycles. The van der Waals surface area contributed by atoms with Gasteiger partial charge in [0.15, 0.2) is 11.4 Å². The first-order chi connectivity index (χ1) is 23.6. The lowest BCUT2D eigenvalue weighted by atomic mass is 9.83. The van der Waals surface area contributed by atoms with E-state index in [1.54, 1.807) is 30.3 Å². The van der Waals surface area contributed by atoms with Crippen LogP contribution in [0.1, 0.15) is 116 Å². The number of alkyl halides is 1. The Balaban J connectivity index is 1.99. The van der Waals surface area contributed by atoms with Gasteiger partial charge >= 0.3 is 11.9 Å². The van der Waals surface area contributed by atoms with Crippen molar-refractivity contribution in [3.8, 4) is 5.75 Å². The number of carbonyl (C=O) groups excluding carboxylic acids is 2. The number of aliphatic carboxylic acids is 1.